The summed E-state index contributed by atoms with van der Waals surface area (Å²) >= 11 is 1.38. The number of thiazole rings is 1. The van der Waals surface area contributed by atoms with Crippen molar-refractivity contribution in [2.75, 3.05) is 5.73 Å². The molecule has 0 saturated heterocycles. The molecule has 4 nitrogen and oxygen atoms in total. The van der Waals surface area contributed by atoms with Gasteiger partial charge in [0.2, 0.25) is 0 Å². The second-order valence-corrected chi connectivity index (χ2v) is 5.15. The summed E-state index contributed by atoms with van der Waals surface area (Å²) in [7, 11) is 0. The van der Waals surface area contributed by atoms with Gasteiger partial charge in [-0.3, -0.25) is 4.79 Å². The molecule has 1 rings (SSSR count). The molecule has 2 N–H and O–H groups in total. The number of carbonyl (C=O) groups excluding carboxylic acids is 1. The Morgan fingerprint density at radius 2 is 2.27 bits per heavy atom. The maximum absolute atomic E-state index is 11.4. The van der Waals surface area contributed by atoms with Crippen molar-refractivity contribution in [3.05, 3.63) is 11.1 Å². The molecule has 0 saturated carbocycles. The summed E-state index contributed by atoms with van der Waals surface area (Å²) in [5.74, 6) is -0.200. The number of hydrogen-bond donors (Lipinski definition) is 1. The van der Waals surface area contributed by atoms with Gasteiger partial charge < -0.3 is 10.5 Å². The van der Waals surface area contributed by atoms with Crippen LogP contribution in [0.25, 0.3) is 0 Å². The molecule has 0 amide bonds. The van der Waals surface area contributed by atoms with Gasteiger partial charge in [0.25, 0.3) is 0 Å². The molecule has 0 radical (unpaired) electrons. The Hall–Kier alpha value is -1.10. The van der Waals surface area contributed by atoms with Gasteiger partial charge in [-0.05, 0) is 20.8 Å². The fraction of sp³-hybridized carbons (Fsp3) is 0.600. The van der Waals surface area contributed by atoms with Gasteiger partial charge in [-0.2, -0.15) is 0 Å². The lowest BCUT2D eigenvalue weighted by atomic mass is 10.2. The Balaban J connectivity index is 2.35. The van der Waals surface area contributed by atoms with Gasteiger partial charge in [0, 0.05) is 11.8 Å². The minimum atomic E-state index is -0.418. The maximum Gasteiger partial charge on any atom is 0.306 e. The molecule has 84 valence electrons. The molecule has 0 bridgehead atoms. The minimum Gasteiger partial charge on any atom is -0.460 e. The smallest absolute Gasteiger partial charge is 0.306 e. The summed E-state index contributed by atoms with van der Waals surface area (Å²) in [6, 6.07) is 0. The van der Waals surface area contributed by atoms with Gasteiger partial charge in [0.1, 0.15) is 5.60 Å². The fourth-order valence-electron chi connectivity index (χ4n) is 1.06. The molecule has 5 heteroatoms. The van der Waals surface area contributed by atoms with Crippen LogP contribution in [0.4, 0.5) is 5.13 Å². The van der Waals surface area contributed by atoms with Gasteiger partial charge in [-0.25, -0.2) is 4.98 Å². The first-order chi connectivity index (χ1) is 6.87. The highest BCUT2D eigenvalue weighted by Crippen LogP contribution is 2.14. The SMILES string of the molecule is CC(C)(C)OC(=O)CCc1csc(N)n1. The number of nitrogen functional groups attached to an aromatic ring is 1. The Morgan fingerprint density at radius 3 is 2.73 bits per heavy atom. The van der Waals surface area contributed by atoms with E-state index in [-0.39, 0.29) is 5.97 Å². The highest BCUT2D eigenvalue weighted by molar-refractivity contribution is 7.13. The highest BCUT2D eigenvalue weighted by Gasteiger charge is 2.16. The summed E-state index contributed by atoms with van der Waals surface area (Å²) in [6.45, 7) is 5.56. The summed E-state index contributed by atoms with van der Waals surface area (Å²) in [5, 5.41) is 2.40. The lowest BCUT2D eigenvalue weighted by molar-refractivity contribution is -0.154. The summed E-state index contributed by atoms with van der Waals surface area (Å²) < 4.78 is 5.17. The number of esters is 1. The van der Waals surface area contributed by atoms with Crippen molar-refractivity contribution in [1.29, 1.82) is 0 Å². The Bertz CT molecular complexity index is 341. The van der Waals surface area contributed by atoms with Crippen molar-refractivity contribution in [1.82, 2.24) is 4.98 Å². The van der Waals surface area contributed by atoms with E-state index in [1.54, 1.807) is 0 Å². The Morgan fingerprint density at radius 1 is 1.60 bits per heavy atom. The van der Waals surface area contributed by atoms with E-state index in [0.717, 1.165) is 5.69 Å². The summed E-state index contributed by atoms with van der Waals surface area (Å²) in [6.07, 6.45) is 0.934. The van der Waals surface area contributed by atoms with Crippen LogP contribution in [-0.2, 0) is 16.0 Å². The van der Waals surface area contributed by atoms with Crippen LogP contribution in [0.2, 0.25) is 0 Å². The molecule has 15 heavy (non-hydrogen) atoms. The number of carbonyl (C=O) groups is 1. The van der Waals surface area contributed by atoms with Crippen molar-refractivity contribution in [2.45, 2.75) is 39.2 Å². The third-order valence-corrected chi connectivity index (χ3v) is 2.30. The molecule has 1 aromatic rings. The average molecular weight is 228 g/mol. The zero-order valence-corrected chi connectivity index (χ0v) is 10.1. The number of anilines is 1. The van der Waals surface area contributed by atoms with E-state index in [1.165, 1.54) is 11.3 Å². The molecular weight excluding hydrogens is 212 g/mol. The molecule has 0 aliphatic heterocycles. The predicted octanol–water partition coefficient (Wildman–Crippen LogP) is 2.00. The molecule has 0 atom stereocenters. The summed E-state index contributed by atoms with van der Waals surface area (Å²) in [5.41, 5.74) is 5.91. The fourth-order valence-corrected chi connectivity index (χ4v) is 1.66. The molecule has 0 aliphatic rings. The largest absolute Gasteiger partial charge is 0.460 e. The van der Waals surface area contributed by atoms with Crippen LogP contribution in [-0.4, -0.2) is 16.6 Å². The van der Waals surface area contributed by atoms with E-state index in [9.17, 15) is 4.79 Å². The van der Waals surface area contributed by atoms with Crippen LogP contribution in [0.5, 0.6) is 0 Å². The van der Waals surface area contributed by atoms with E-state index in [4.69, 9.17) is 10.5 Å². The summed E-state index contributed by atoms with van der Waals surface area (Å²) in [4.78, 5) is 15.4. The molecule has 0 aromatic carbocycles. The Labute approximate surface area is 93.5 Å². The average Bonchev–Trinajstić information content (AvgIpc) is 2.45. The molecular formula is C10H16N2O2S. The van der Waals surface area contributed by atoms with Crippen LogP contribution in [0.3, 0.4) is 0 Å². The lowest BCUT2D eigenvalue weighted by Crippen LogP contribution is -2.24. The predicted molar refractivity (Wildman–Crippen MR) is 60.7 cm³/mol. The first-order valence-electron chi connectivity index (χ1n) is 4.78. The highest BCUT2D eigenvalue weighted by atomic mass is 32.1. The van der Waals surface area contributed by atoms with Crippen LogP contribution in [0.15, 0.2) is 5.38 Å². The standard InChI is InChI=1S/C10H16N2O2S/c1-10(2,3)14-8(13)5-4-7-6-15-9(11)12-7/h6H,4-5H2,1-3H3,(H2,11,12). The minimum absolute atomic E-state index is 0.200. The van der Waals surface area contributed by atoms with Crippen molar-refractivity contribution in [2.24, 2.45) is 0 Å². The lowest BCUT2D eigenvalue weighted by Gasteiger charge is -2.19. The number of nitrogens with two attached hydrogens (primary N) is 1. The van der Waals surface area contributed by atoms with E-state index < -0.39 is 5.60 Å². The van der Waals surface area contributed by atoms with Crippen molar-refractivity contribution >= 4 is 22.4 Å². The number of hydrogen-bond acceptors (Lipinski definition) is 5. The van der Waals surface area contributed by atoms with E-state index in [1.807, 2.05) is 26.2 Å². The molecule has 1 heterocycles. The number of nitrogens with zero attached hydrogens (tertiary/aromatic N) is 1. The number of aromatic nitrogens is 1. The maximum atomic E-state index is 11.4. The van der Waals surface area contributed by atoms with Gasteiger partial charge in [0.15, 0.2) is 5.13 Å². The number of ether oxygens (including phenoxy) is 1. The normalized spacial score (nSPS) is 11.4. The second-order valence-electron chi connectivity index (χ2n) is 4.26. The molecule has 0 spiro atoms. The van der Waals surface area contributed by atoms with E-state index in [0.29, 0.717) is 18.0 Å². The van der Waals surface area contributed by atoms with Crippen LogP contribution >= 0.6 is 11.3 Å². The third-order valence-electron chi connectivity index (χ3n) is 1.57. The molecule has 0 aliphatic carbocycles. The van der Waals surface area contributed by atoms with Gasteiger partial charge in [-0.1, -0.05) is 0 Å². The van der Waals surface area contributed by atoms with Crippen LogP contribution < -0.4 is 5.73 Å². The second kappa shape index (κ2) is 4.61. The van der Waals surface area contributed by atoms with Gasteiger partial charge in [-0.15, -0.1) is 11.3 Å². The van der Waals surface area contributed by atoms with Crippen molar-refractivity contribution in [3.63, 3.8) is 0 Å². The monoisotopic (exact) mass is 228 g/mol. The van der Waals surface area contributed by atoms with Gasteiger partial charge in [0.05, 0.1) is 12.1 Å². The van der Waals surface area contributed by atoms with Gasteiger partial charge >= 0.3 is 5.97 Å². The van der Waals surface area contributed by atoms with Crippen molar-refractivity contribution in [3.8, 4) is 0 Å². The molecule has 0 unspecified atom stereocenters. The van der Waals surface area contributed by atoms with Crippen molar-refractivity contribution < 1.29 is 9.53 Å². The topological polar surface area (TPSA) is 65.2 Å². The third kappa shape index (κ3) is 4.78. The first-order valence-corrected chi connectivity index (χ1v) is 5.66. The first kappa shape index (κ1) is 12.0. The number of rotatable bonds is 3. The van der Waals surface area contributed by atoms with Crippen LogP contribution in [0, 0.1) is 0 Å². The van der Waals surface area contributed by atoms with E-state index >= 15 is 0 Å². The van der Waals surface area contributed by atoms with Crippen LogP contribution in [0.1, 0.15) is 32.9 Å². The molecule has 0 fully saturated rings. The Kier molecular flexibility index (Phi) is 3.68. The van der Waals surface area contributed by atoms with E-state index in [2.05, 4.69) is 4.98 Å². The number of aryl methyl sites for hydroxylation is 1. The zero-order chi connectivity index (χ0) is 11.5. The quantitative estimate of drug-likeness (QED) is 0.804. The zero-order valence-electron chi connectivity index (χ0n) is 9.24. The molecule has 1 aromatic heterocycles.